The van der Waals surface area contributed by atoms with E-state index in [1.807, 2.05) is 11.3 Å². The van der Waals surface area contributed by atoms with Crippen LogP contribution in [0.15, 0.2) is 6.07 Å². The molecule has 0 radical (unpaired) electrons. The van der Waals surface area contributed by atoms with Crippen molar-refractivity contribution in [2.45, 2.75) is 30.3 Å². The number of hydrogen-bond acceptors (Lipinski definition) is 1. The minimum atomic E-state index is -1.10. The molecule has 0 bridgehead atoms. The maximum absolute atomic E-state index is 3.53. The Kier molecular flexibility index (Phi) is 4.23. The lowest BCUT2D eigenvalue weighted by molar-refractivity contribution is 1.39. The predicted octanol–water partition coefficient (Wildman–Crippen LogP) is 4.08. The van der Waals surface area contributed by atoms with Gasteiger partial charge in [0.05, 0.1) is 8.07 Å². The van der Waals surface area contributed by atoms with Crippen molar-refractivity contribution in [2.24, 2.45) is 0 Å². The monoisotopic (exact) mass is 340 g/mol. The van der Waals surface area contributed by atoms with E-state index in [2.05, 4.69) is 57.6 Å². The zero-order valence-corrected chi connectivity index (χ0v) is 13.1. The lowest BCUT2D eigenvalue weighted by Gasteiger charge is -2.12. The van der Waals surface area contributed by atoms with Crippen molar-refractivity contribution in [3.05, 3.63) is 16.5 Å². The number of thiophene rings is 1. The highest BCUT2D eigenvalue weighted by Crippen LogP contribution is 2.23. The van der Waals surface area contributed by atoms with Crippen LogP contribution in [0.5, 0.6) is 0 Å². The quantitative estimate of drug-likeness (QED) is 0.574. The molecule has 0 nitrogen and oxygen atoms in total. The molecular formula is C9H14Br2SSi. The second kappa shape index (κ2) is 4.60. The summed E-state index contributed by atoms with van der Waals surface area (Å²) < 4.78 is 1.61. The van der Waals surface area contributed by atoms with Crippen LogP contribution in [0.4, 0.5) is 0 Å². The predicted molar refractivity (Wildman–Crippen MR) is 72.6 cm³/mol. The first-order valence-corrected chi connectivity index (χ1v) is 10.8. The smallest absolute Gasteiger partial charge is 0.0904 e. The van der Waals surface area contributed by atoms with Crippen LogP contribution in [-0.2, 0) is 10.7 Å². The van der Waals surface area contributed by atoms with Crippen LogP contribution in [0, 0.1) is 0 Å². The zero-order valence-electron chi connectivity index (χ0n) is 8.16. The van der Waals surface area contributed by atoms with Crippen molar-refractivity contribution in [2.75, 3.05) is 0 Å². The van der Waals surface area contributed by atoms with Crippen LogP contribution >= 0.6 is 43.2 Å². The Labute approximate surface area is 102 Å². The fraction of sp³-hybridized carbons (Fsp3) is 0.556. The van der Waals surface area contributed by atoms with Gasteiger partial charge in [-0.1, -0.05) is 51.5 Å². The topological polar surface area (TPSA) is 0 Å². The minimum Gasteiger partial charge on any atom is -0.149 e. The van der Waals surface area contributed by atoms with E-state index >= 15 is 0 Å². The molecule has 1 rings (SSSR count). The molecule has 0 amide bonds. The first kappa shape index (κ1) is 11.9. The molecule has 4 heteroatoms. The molecule has 0 unspecified atom stereocenters. The molecule has 0 fully saturated rings. The summed E-state index contributed by atoms with van der Waals surface area (Å²) in [5.74, 6) is 0. The van der Waals surface area contributed by atoms with Gasteiger partial charge in [0.1, 0.15) is 0 Å². The first-order chi connectivity index (χ1) is 5.99. The van der Waals surface area contributed by atoms with Gasteiger partial charge in [0.15, 0.2) is 0 Å². The second-order valence-corrected chi connectivity index (χ2v) is 11.7. The molecule has 13 heavy (non-hydrogen) atoms. The highest BCUT2D eigenvalue weighted by atomic mass is 79.9. The number of hydrogen-bond donors (Lipinski definition) is 0. The SMILES string of the molecule is C[Si](C)(C)c1cc(CBr)c(CBr)s1. The molecule has 1 aromatic rings. The Morgan fingerprint density at radius 3 is 2.15 bits per heavy atom. The number of alkyl halides is 2. The van der Waals surface area contributed by atoms with E-state index in [9.17, 15) is 0 Å². The van der Waals surface area contributed by atoms with Crippen LogP contribution in [0.1, 0.15) is 10.4 Å². The number of halogens is 2. The standard InChI is InChI=1S/C9H14Br2SSi/c1-13(2,3)9-4-7(5-10)8(6-11)12-9/h4H,5-6H2,1-3H3. The van der Waals surface area contributed by atoms with E-state index in [0.29, 0.717) is 0 Å². The Morgan fingerprint density at radius 1 is 1.23 bits per heavy atom. The summed E-state index contributed by atoms with van der Waals surface area (Å²) in [6.07, 6.45) is 0. The van der Waals surface area contributed by atoms with E-state index in [1.54, 1.807) is 4.50 Å². The van der Waals surface area contributed by atoms with Crippen LogP contribution in [-0.4, -0.2) is 8.07 Å². The first-order valence-electron chi connectivity index (χ1n) is 4.23. The molecule has 0 aliphatic heterocycles. The molecule has 0 saturated heterocycles. The molecule has 0 aliphatic rings. The lowest BCUT2D eigenvalue weighted by atomic mass is 10.3. The summed E-state index contributed by atoms with van der Waals surface area (Å²) >= 11 is 9.04. The summed E-state index contributed by atoms with van der Waals surface area (Å²) in [6, 6.07) is 2.38. The molecule has 1 aromatic heterocycles. The summed E-state index contributed by atoms with van der Waals surface area (Å²) in [5.41, 5.74) is 1.46. The van der Waals surface area contributed by atoms with E-state index in [4.69, 9.17) is 0 Å². The van der Waals surface area contributed by atoms with Crippen LogP contribution < -0.4 is 4.50 Å². The van der Waals surface area contributed by atoms with Gasteiger partial charge in [0.2, 0.25) is 0 Å². The van der Waals surface area contributed by atoms with Crippen LogP contribution in [0.25, 0.3) is 0 Å². The Hall–Kier alpha value is 0.877. The van der Waals surface area contributed by atoms with Crippen molar-refractivity contribution in [3.63, 3.8) is 0 Å². The van der Waals surface area contributed by atoms with E-state index < -0.39 is 8.07 Å². The molecule has 0 aromatic carbocycles. The lowest BCUT2D eigenvalue weighted by Crippen LogP contribution is -2.34. The zero-order chi connectivity index (χ0) is 10.1. The normalized spacial score (nSPS) is 12.1. The minimum absolute atomic E-state index is 0.981. The molecular weight excluding hydrogens is 328 g/mol. The van der Waals surface area contributed by atoms with Gasteiger partial charge in [-0.2, -0.15) is 0 Å². The van der Waals surface area contributed by atoms with E-state index in [1.165, 1.54) is 10.4 Å². The van der Waals surface area contributed by atoms with Gasteiger partial charge in [0.25, 0.3) is 0 Å². The van der Waals surface area contributed by atoms with Gasteiger partial charge in [0, 0.05) is 15.5 Å². The highest BCUT2D eigenvalue weighted by molar-refractivity contribution is 9.09. The molecule has 0 saturated carbocycles. The largest absolute Gasteiger partial charge is 0.149 e. The Bertz CT molecular complexity index is 267. The molecule has 1 heterocycles. The summed E-state index contributed by atoms with van der Waals surface area (Å²) in [6.45, 7) is 7.19. The third kappa shape index (κ3) is 2.91. The van der Waals surface area contributed by atoms with Gasteiger partial charge < -0.3 is 0 Å². The second-order valence-electron chi connectivity index (χ2n) is 4.08. The van der Waals surface area contributed by atoms with Crippen molar-refractivity contribution < 1.29 is 0 Å². The van der Waals surface area contributed by atoms with Crippen LogP contribution in [0.2, 0.25) is 19.6 Å². The summed E-state index contributed by atoms with van der Waals surface area (Å²) in [4.78, 5) is 1.48. The van der Waals surface area contributed by atoms with Crippen LogP contribution in [0.3, 0.4) is 0 Å². The average molecular weight is 342 g/mol. The van der Waals surface area contributed by atoms with Crippen molar-refractivity contribution in [1.82, 2.24) is 0 Å². The van der Waals surface area contributed by atoms with Crippen molar-refractivity contribution in [1.29, 1.82) is 0 Å². The van der Waals surface area contributed by atoms with Crippen molar-refractivity contribution >= 4 is 55.8 Å². The van der Waals surface area contributed by atoms with Gasteiger partial charge >= 0.3 is 0 Å². The fourth-order valence-electron chi connectivity index (χ4n) is 1.06. The van der Waals surface area contributed by atoms with Gasteiger partial charge in [-0.3, -0.25) is 0 Å². The Morgan fingerprint density at radius 2 is 1.85 bits per heavy atom. The van der Waals surface area contributed by atoms with E-state index in [-0.39, 0.29) is 0 Å². The molecule has 74 valence electrons. The molecule has 0 N–H and O–H groups in total. The maximum atomic E-state index is 3.53. The third-order valence-electron chi connectivity index (χ3n) is 1.90. The van der Waals surface area contributed by atoms with Gasteiger partial charge in [-0.25, -0.2) is 0 Å². The number of rotatable bonds is 3. The molecule has 0 aliphatic carbocycles. The molecule has 0 atom stereocenters. The van der Waals surface area contributed by atoms with Gasteiger partial charge in [-0.05, 0) is 16.1 Å². The summed E-state index contributed by atoms with van der Waals surface area (Å²) in [5, 5.41) is 1.97. The fourth-order valence-corrected chi connectivity index (χ4v) is 5.44. The average Bonchev–Trinajstić information content (AvgIpc) is 2.45. The van der Waals surface area contributed by atoms with Gasteiger partial charge in [-0.15, -0.1) is 11.3 Å². The third-order valence-corrected chi connectivity index (χ3v) is 8.19. The summed E-state index contributed by atoms with van der Waals surface area (Å²) in [7, 11) is -1.10. The Balaban J connectivity index is 3.07. The van der Waals surface area contributed by atoms with E-state index in [0.717, 1.165) is 10.7 Å². The maximum Gasteiger partial charge on any atom is 0.0904 e. The molecule has 0 spiro atoms. The highest BCUT2D eigenvalue weighted by Gasteiger charge is 2.20. The van der Waals surface area contributed by atoms with Crippen molar-refractivity contribution in [3.8, 4) is 0 Å².